The highest BCUT2D eigenvalue weighted by Gasteiger charge is 2.52. The van der Waals surface area contributed by atoms with Gasteiger partial charge in [0.2, 0.25) is 0 Å². The van der Waals surface area contributed by atoms with Crippen molar-refractivity contribution in [1.29, 1.82) is 0 Å². The maximum atomic E-state index is 2.66. The van der Waals surface area contributed by atoms with E-state index in [1.807, 2.05) is 0 Å². The second-order valence-corrected chi connectivity index (χ2v) is 5.55. The van der Waals surface area contributed by atoms with Crippen LogP contribution in [0.4, 0.5) is 0 Å². The van der Waals surface area contributed by atoms with Gasteiger partial charge in [-0.15, -0.1) is 0 Å². The summed E-state index contributed by atoms with van der Waals surface area (Å²) in [4.78, 5) is 0. The Morgan fingerprint density at radius 3 is 2.36 bits per heavy atom. The van der Waals surface area contributed by atoms with Gasteiger partial charge in [-0.25, -0.2) is 0 Å². The van der Waals surface area contributed by atoms with Crippen LogP contribution in [0, 0.1) is 23.2 Å². The zero-order valence-corrected chi connectivity index (χ0v) is 10.1. The van der Waals surface area contributed by atoms with Crippen molar-refractivity contribution < 1.29 is 0 Å². The van der Waals surface area contributed by atoms with E-state index in [0.717, 1.165) is 17.8 Å². The molecule has 1 fully saturated rings. The van der Waals surface area contributed by atoms with Gasteiger partial charge in [-0.1, -0.05) is 39.3 Å². The summed E-state index contributed by atoms with van der Waals surface area (Å²) in [6.07, 6.45) is 8.13. The fourth-order valence-corrected chi connectivity index (χ4v) is 3.67. The van der Waals surface area contributed by atoms with Gasteiger partial charge in [0.25, 0.3) is 0 Å². The van der Waals surface area contributed by atoms with Crippen molar-refractivity contribution in [3.05, 3.63) is 11.6 Å². The van der Waals surface area contributed by atoms with Crippen molar-refractivity contribution in [3.8, 4) is 0 Å². The van der Waals surface area contributed by atoms with Crippen LogP contribution in [0.1, 0.15) is 53.4 Å². The second-order valence-electron chi connectivity index (χ2n) is 5.55. The van der Waals surface area contributed by atoms with Gasteiger partial charge >= 0.3 is 0 Å². The summed E-state index contributed by atoms with van der Waals surface area (Å²) < 4.78 is 0. The Morgan fingerprint density at radius 1 is 1.36 bits per heavy atom. The molecule has 14 heavy (non-hydrogen) atoms. The monoisotopic (exact) mass is 192 g/mol. The Kier molecular flexibility index (Phi) is 2.49. The van der Waals surface area contributed by atoms with Crippen molar-refractivity contribution in [3.63, 3.8) is 0 Å². The minimum absolute atomic E-state index is 0.588. The van der Waals surface area contributed by atoms with Gasteiger partial charge < -0.3 is 0 Å². The summed E-state index contributed by atoms with van der Waals surface area (Å²) in [7, 11) is 0. The fraction of sp³-hybridized carbons (Fsp3) is 0.857. The molecule has 0 spiro atoms. The Bertz CT molecular complexity index is 251. The molecule has 0 aromatic carbocycles. The van der Waals surface area contributed by atoms with Crippen molar-refractivity contribution in [1.82, 2.24) is 0 Å². The van der Waals surface area contributed by atoms with Crippen LogP contribution >= 0.6 is 0 Å². The van der Waals surface area contributed by atoms with E-state index in [1.165, 1.54) is 25.7 Å². The number of hydrogen-bond donors (Lipinski definition) is 0. The lowest BCUT2D eigenvalue weighted by Crippen LogP contribution is -2.25. The summed E-state index contributed by atoms with van der Waals surface area (Å²) in [5, 5.41) is 0. The zero-order valence-electron chi connectivity index (χ0n) is 10.1. The normalized spacial score (nSPS) is 46.6. The predicted molar refractivity (Wildman–Crippen MR) is 62.2 cm³/mol. The van der Waals surface area contributed by atoms with Crippen molar-refractivity contribution >= 4 is 0 Å². The van der Waals surface area contributed by atoms with Crippen LogP contribution in [-0.4, -0.2) is 0 Å². The first-order valence-corrected chi connectivity index (χ1v) is 6.34. The average Bonchev–Trinajstić information content (AvgIpc) is 2.80. The van der Waals surface area contributed by atoms with Gasteiger partial charge in [-0.3, -0.25) is 0 Å². The minimum Gasteiger partial charge on any atom is -0.0785 e. The lowest BCUT2D eigenvalue weighted by molar-refractivity contribution is 0.208. The SMILES string of the molecule is CCC1=CC(CC)(C2CC2C)C(C)C1. The maximum Gasteiger partial charge on any atom is -0.00586 e. The first-order valence-electron chi connectivity index (χ1n) is 6.34. The molecule has 0 heteroatoms. The summed E-state index contributed by atoms with van der Waals surface area (Å²) in [6, 6.07) is 0. The van der Waals surface area contributed by atoms with E-state index in [-0.39, 0.29) is 0 Å². The molecule has 2 aliphatic rings. The first-order chi connectivity index (χ1) is 6.64. The topological polar surface area (TPSA) is 0 Å². The average molecular weight is 192 g/mol. The molecule has 4 atom stereocenters. The Labute approximate surface area is 88.8 Å². The van der Waals surface area contributed by atoms with Gasteiger partial charge in [0.1, 0.15) is 0 Å². The van der Waals surface area contributed by atoms with Crippen LogP contribution in [0.15, 0.2) is 11.6 Å². The number of rotatable bonds is 3. The molecule has 0 radical (unpaired) electrons. The van der Waals surface area contributed by atoms with Gasteiger partial charge in [-0.05, 0) is 48.9 Å². The third kappa shape index (κ3) is 1.34. The molecule has 2 rings (SSSR count). The molecular formula is C14H24. The smallest absolute Gasteiger partial charge is 0.00586 e. The van der Waals surface area contributed by atoms with E-state index in [9.17, 15) is 0 Å². The lowest BCUT2D eigenvalue weighted by atomic mass is 9.72. The van der Waals surface area contributed by atoms with Crippen molar-refractivity contribution in [2.24, 2.45) is 23.2 Å². The van der Waals surface area contributed by atoms with Crippen LogP contribution in [0.2, 0.25) is 0 Å². The Balaban J connectivity index is 2.22. The molecule has 0 amide bonds. The Hall–Kier alpha value is -0.260. The summed E-state index contributed by atoms with van der Waals surface area (Å²) in [5.41, 5.74) is 2.31. The van der Waals surface area contributed by atoms with E-state index in [0.29, 0.717) is 5.41 Å². The van der Waals surface area contributed by atoms with Gasteiger partial charge in [0.05, 0.1) is 0 Å². The molecule has 0 bridgehead atoms. The maximum absolute atomic E-state index is 2.66. The van der Waals surface area contributed by atoms with Crippen molar-refractivity contribution in [2.45, 2.75) is 53.4 Å². The molecule has 0 heterocycles. The second kappa shape index (κ2) is 3.40. The van der Waals surface area contributed by atoms with Crippen LogP contribution in [-0.2, 0) is 0 Å². The molecule has 0 aromatic heterocycles. The molecule has 80 valence electrons. The molecule has 0 saturated heterocycles. The van der Waals surface area contributed by atoms with E-state index < -0.39 is 0 Å². The first kappa shape index (κ1) is 10.3. The Morgan fingerprint density at radius 2 is 2.00 bits per heavy atom. The van der Waals surface area contributed by atoms with Crippen LogP contribution in [0.25, 0.3) is 0 Å². The van der Waals surface area contributed by atoms with E-state index >= 15 is 0 Å². The fourth-order valence-electron chi connectivity index (χ4n) is 3.67. The standard InChI is InChI=1S/C14H24/c1-5-12-8-11(4)14(6-2,9-12)13-7-10(13)3/h9-11,13H,5-8H2,1-4H3. The van der Waals surface area contributed by atoms with Gasteiger partial charge in [0, 0.05) is 0 Å². The predicted octanol–water partition coefficient (Wildman–Crippen LogP) is 4.42. The highest BCUT2D eigenvalue weighted by Crippen LogP contribution is 2.61. The minimum atomic E-state index is 0.588. The molecule has 0 aliphatic heterocycles. The van der Waals surface area contributed by atoms with E-state index in [4.69, 9.17) is 0 Å². The molecule has 0 aromatic rings. The van der Waals surface area contributed by atoms with Crippen LogP contribution in [0.5, 0.6) is 0 Å². The third-order valence-electron chi connectivity index (χ3n) is 4.83. The highest BCUT2D eigenvalue weighted by atomic mass is 14.6. The largest absolute Gasteiger partial charge is 0.0785 e. The molecule has 4 unspecified atom stereocenters. The zero-order chi connectivity index (χ0) is 10.3. The highest BCUT2D eigenvalue weighted by molar-refractivity contribution is 5.23. The molecule has 0 N–H and O–H groups in total. The summed E-state index contributed by atoms with van der Waals surface area (Å²) in [5.74, 6) is 2.90. The summed E-state index contributed by atoms with van der Waals surface area (Å²) >= 11 is 0. The van der Waals surface area contributed by atoms with Crippen LogP contribution in [0.3, 0.4) is 0 Å². The number of hydrogen-bond acceptors (Lipinski definition) is 0. The number of allylic oxidation sites excluding steroid dienone is 2. The lowest BCUT2D eigenvalue weighted by Gasteiger charge is -2.32. The molecule has 1 saturated carbocycles. The van der Waals surface area contributed by atoms with Crippen molar-refractivity contribution in [2.75, 3.05) is 0 Å². The van der Waals surface area contributed by atoms with Gasteiger partial charge in [0.15, 0.2) is 0 Å². The molecule has 0 nitrogen and oxygen atoms in total. The third-order valence-corrected chi connectivity index (χ3v) is 4.83. The molecule has 2 aliphatic carbocycles. The van der Waals surface area contributed by atoms with Gasteiger partial charge in [-0.2, -0.15) is 0 Å². The quantitative estimate of drug-likeness (QED) is 0.581. The summed E-state index contributed by atoms with van der Waals surface area (Å²) in [6.45, 7) is 9.58. The van der Waals surface area contributed by atoms with Crippen LogP contribution < -0.4 is 0 Å². The molecular weight excluding hydrogens is 168 g/mol. The van der Waals surface area contributed by atoms with E-state index in [1.54, 1.807) is 5.57 Å². The van der Waals surface area contributed by atoms with E-state index in [2.05, 4.69) is 33.8 Å².